The van der Waals surface area contributed by atoms with E-state index in [0.29, 0.717) is 6.04 Å². The summed E-state index contributed by atoms with van der Waals surface area (Å²) in [5.41, 5.74) is 3.91. The second kappa shape index (κ2) is 7.37. The summed E-state index contributed by atoms with van der Waals surface area (Å²) < 4.78 is 2.00. The van der Waals surface area contributed by atoms with Crippen molar-refractivity contribution in [3.63, 3.8) is 0 Å². The van der Waals surface area contributed by atoms with Crippen molar-refractivity contribution in [2.75, 3.05) is 6.54 Å². The van der Waals surface area contributed by atoms with E-state index in [1.807, 2.05) is 11.7 Å². The molecule has 1 rings (SSSR count). The van der Waals surface area contributed by atoms with Crippen molar-refractivity contribution in [1.82, 2.24) is 15.1 Å². The van der Waals surface area contributed by atoms with Gasteiger partial charge in [-0.1, -0.05) is 32.4 Å². The lowest BCUT2D eigenvalue weighted by Gasteiger charge is -2.06. The van der Waals surface area contributed by atoms with Crippen LogP contribution in [-0.4, -0.2) is 22.4 Å². The number of nitrogens with one attached hydrogen (secondary N) is 1. The topological polar surface area (TPSA) is 29.9 Å². The molecule has 0 radical (unpaired) electrons. The molecule has 1 N–H and O–H groups in total. The van der Waals surface area contributed by atoms with E-state index >= 15 is 0 Å². The van der Waals surface area contributed by atoms with Crippen LogP contribution >= 0.6 is 0 Å². The first kappa shape index (κ1) is 15.0. The second-order valence-corrected chi connectivity index (χ2v) is 5.23. The van der Waals surface area contributed by atoms with Crippen molar-refractivity contribution in [2.24, 2.45) is 7.05 Å². The molecule has 0 saturated carbocycles. The summed E-state index contributed by atoms with van der Waals surface area (Å²) in [6.45, 7) is 9.76. The van der Waals surface area contributed by atoms with Crippen molar-refractivity contribution in [3.05, 3.63) is 29.1 Å². The lowest BCUT2D eigenvalue weighted by atomic mass is 10.1. The fraction of sp³-hybridized carbons (Fsp3) is 0.667. The lowest BCUT2D eigenvalue weighted by molar-refractivity contribution is 0.594. The van der Waals surface area contributed by atoms with Gasteiger partial charge in [-0.2, -0.15) is 5.10 Å². The summed E-state index contributed by atoms with van der Waals surface area (Å²) in [5.74, 6) is 0. The highest BCUT2D eigenvalue weighted by Gasteiger charge is 2.04. The zero-order chi connectivity index (χ0) is 13.5. The first-order chi connectivity index (χ1) is 8.52. The van der Waals surface area contributed by atoms with E-state index in [-0.39, 0.29) is 0 Å². The summed E-state index contributed by atoms with van der Waals surface area (Å²) in [6, 6.07) is 2.78. The number of rotatable bonds is 7. The van der Waals surface area contributed by atoms with Crippen LogP contribution in [0.25, 0.3) is 0 Å². The van der Waals surface area contributed by atoms with Crippen LogP contribution in [0.4, 0.5) is 0 Å². The fourth-order valence-corrected chi connectivity index (χ4v) is 1.96. The molecule has 0 aliphatic heterocycles. The summed E-state index contributed by atoms with van der Waals surface area (Å²) in [6.07, 6.45) is 5.44. The molecule has 3 heteroatoms. The Hall–Kier alpha value is -1.09. The van der Waals surface area contributed by atoms with E-state index in [1.54, 1.807) is 0 Å². The third kappa shape index (κ3) is 5.05. The van der Waals surface area contributed by atoms with Crippen LogP contribution in [0, 0.1) is 0 Å². The molecule has 1 aromatic rings. The molecule has 0 bridgehead atoms. The van der Waals surface area contributed by atoms with Crippen LogP contribution in [0.1, 0.15) is 45.5 Å². The second-order valence-electron chi connectivity index (χ2n) is 5.23. The number of nitrogens with zero attached hydrogens (tertiary/aromatic N) is 2. The molecule has 0 atom stereocenters. The quantitative estimate of drug-likeness (QED) is 0.595. The molecule has 1 heterocycles. The molecular weight excluding hydrogens is 222 g/mol. The predicted molar refractivity (Wildman–Crippen MR) is 77.8 cm³/mol. The summed E-state index contributed by atoms with van der Waals surface area (Å²) in [4.78, 5) is 0. The van der Waals surface area contributed by atoms with E-state index < -0.39 is 0 Å². The third-order valence-electron chi connectivity index (χ3n) is 3.04. The molecule has 102 valence electrons. The minimum absolute atomic E-state index is 0.572. The summed E-state index contributed by atoms with van der Waals surface area (Å²) >= 11 is 0. The number of aryl methyl sites for hydroxylation is 2. The zero-order valence-electron chi connectivity index (χ0n) is 12.5. The highest BCUT2D eigenvalue weighted by molar-refractivity contribution is 5.17. The summed E-state index contributed by atoms with van der Waals surface area (Å²) in [7, 11) is 2.03. The zero-order valence-corrected chi connectivity index (χ0v) is 12.5. The van der Waals surface area contributed by atoms with Crippen LogP contribution in [0.3, 0.4) is 0 Å². The first-order valence-corrected chi connectivity index (χ1v) is 6.93. The number of aromatic nitrogens is 2. The van der Waals surface area contributed by atoms with E-state index in [0.717, 1.165) is 25.8 Å². The molecule has 0 aliphatic rings. The van der Waals surface area contributed by atoms with Gasteiger partial charge in [-0.25, -0.2) is 0 Å². The van der Waals surface area contributed by atoms with Gasteiger partial charge in [0.05, 0.1) is 5.69 Å². The van der Waals surface area contributed by atoms with E-state index in [4.69, 9.17) is 0 Å². The monoisotopic (exact) mass is 249 g/mol. The Morgan fingerprint density at radius 3 is 2.78 bits per heavy atom. The van der Waals surface area contributed by atoms with Gasteiger partial charge in [-0.3, -0.25) is 4.68 Å². The van der Waals surface area contributed by atoms with Crippen molar-refractivity contribution in [2.45, 2.75) is 53.0 Å². The fourth-order valence-electron chi connectivity index (χ4n) is 1.96. The van der Waals surface area contributed by atoms with Gasteiger partial charge in [-0.15, -0.1) is 0 Å². The molecular formula is C15H27N3. The molecule has 1 aromatic heterocycles. The standard InChI is InChI=1S/C15H27N3/c1-6-14-11-15(18(5)17-14)10-13(4)8-7-9-16-12(2)3/h8,11-12,16H,6-7,9-10H2,1-5H3. The molecule has 0 aromatic carbocycles. The summed E-state index contributed by atoms with van der Waals surface area (Å²) in [5, 5.41) is 7.91. The maximum absolute atomic E-state index is 4.48. The molecule has 3 nitrogen and oxygen atoms in total. The Morgan fingerprint density at radius 1 is 1.50 bits per heavy atom. The van der Waals surface area contributed by atoms with E-state index in [2.05, 4.69) is 50.3 Å². The number of allylic oxidation sites excluding steroid dienone is 1. The molecule has 0 amide bonds. The van der Waals surface area contributed by atoms with Crippen LogP contribution in [-0.2, 0) is 19.9 Å². The largest absolute Gasteiger partial charge is 0.314 e. The predicted octanol–water partition coefficient (Wildman–Crippen LogP) is 2.86. The van der Waals surface area contributed by atoms with Crippen LogP contribution in [0.2, 0.25) is 0 Å². The van der Waals surface area contributed by atoms with Gasteiger partial charge in [0, 0.05) is 25.2 Å². The Bertz CT molecular complexity index is 388. The highest BCUT2D eigenvalue weighted by Crippen LogP contribution is 2.10. The van der Waals surface area contributed by atoms with E-state index in [1.165, 1.54) is 17.0 Å². The SMILES string of the molecule is CCc1cc(CC(C)=CCCNC(C)C)n(C)n1. The molecule has 0 unspecified atom stereocenters. The lowest BCUT2D eigenvalue weighted by Crippen LogP contribution is -2.23. The Balaban J connectivity index is 2.45. The molecule has 0 spiro atoms. The van der Waals surface area contributed by atoms with Crippen molar-refractivity contribution < 1.29 is 0 Å². The Morgan fingerprint density at radius 2 is 2.22 bits per heavy atom. The van der Waals surface area contributed by atoms with Crippen molar-refractivity contribution in [1.29, 1.82) is 0 Å². The minimum Gasteiger partial charge on any atom is -0.314 e. The van der Waals surface area contributed by atoms with Crippen molar-refractivity contribution >= 4 is 0 Å². The normalized spacial score (nSPS) is 12.4. The smallest absolute Gasteiger partial charge is 0.0624 e. The maximum Gasteiger partial charge on any atom is 0.0624 e. The van der Waals surface area contributed by atoms with Crippen molar-refractivity contribution in [3.8, 4) is 0 Å². The first-order valence-electron chi connectivity index (χ1n) is 6.93. The molecule has 0 fully saturated rings. The number of hydrogen-bond donors (Lipinski definition) is 1. The van der Waals surface area contributed by atoms with Gasteiger partial charge in [0.1, 0.15) is 0 Å². The van der Waals surface area contributed by atoms with Gasteiger partial charge in [0.2, 0.25) is 0 Å². The van der Waals surface area contributed by atoms with Gasteiger partial charge < -0.3 is 5.32 Å². The van der Waals surface area contributed by atoms with Crippen LogP contribution < -0.4 is 5.32 Å². The third-order valence-corrected chi connectivity index (χ3v) is 3.04. The average Bonchev–Trinajstić information content (AvgIpc) is 2.65. The molecule has 18 heavy (non-hydrogen) atoms. The maximum atomic E-state index is 4.48. The Kier molecular flexibility index (Phi) is 6.13. The highest BCUT2D eigenvalue weighted by atomic mass is 15.3. The average molecular weight is 249 g/mol. The van der Waals surface area contributed by atoms with Gasteiger partial charge in [0.15, 0.2) is 0 Å². The minimum atomic E-state index is 0.572. The van der Waals surface area contributed by atoms with Gasteiger partial charge in [-0.05, 0) is 32.4 Å². The number of hydrogen-bond acceptors (Lipinski definition) is 2. The Labute approximate surface area is 111 Å². The van der Waals surface area contributed by atoms with Gasteiger partial charge in [0.25, 0.3) is 0 Å². The van der Waals surface area contributed by atoms with Crippen LogP contribution in [0.5, 0.6) is 0 Å². The molecule has 0 saturated heterocycles. The molecule has 0 aliphatic carbocycles. The van der Waals surface area contributed by atoms with Crippen LogP contribution in [0.15, 0.2) is 17.7 Å². The van der Waals surface area contributed by atoms with E-state index in [9.17, 15) is 0 Å². The van der Waals surface area contributed by atoms with Gasteiger partial charge >= 0.3 is 0 Å².